The van der Waals surface area contributed by atoms with E-state index in [2.05, 4.69) is 15.5 Å². The number of benzene rings is 1. The molecule has 5 nitrogen and oxygen atoms in total. The molecule has 0 radical (unpaired) electrons. The third-order valence-corrected chi connectivity index (χ3v) is 2.72. The van der Waals surface area contributed by atoms with Crippen LogP contribution < -0.4 is 5.32 Å². The summed E-state index contributed by atoms with van der Waals surface area (Å²) in [6, 6.07) is 3.26. The molecule has 0 bridgehead atoms. The summed E-state index contributed by atoms with van der Waals surface area (Å²) < 4.78 is 44.0. The van der Waals surface area contributed by atoms with E-state index in [0.717, 1.165) is 12.1 Å². The molecule has 0 aliphatic rings. The molecule has 2 rings (SSSR count). The minimum atomic E-state index is -2.99. The quantitative estimate of drug-likeness (QED) is 0.921. The van der Waals surface area contributed by atoms with Gasteiger partial charge in [-0.05, 0) is 6.07 Å². The Bertz CT molecular complexity index is 643. The van der Waals surface area contributed by atoms with Gasteiger partial charge in [0, 0.05) is 6.42 Å². The Morgan fingerprint density at radius 1 is 1.33 bits per heavy atom. The second kappa shape index (κ2) is 6.38. The maximum atomic E-state index is 13.8. The molecule has 0 unspecified atom stereocenters. The lowest BCUT2D eigenvalue weighted by Gasteiger charge is -2.07. The normalized spacial score (nSPS) is 10.9. The van der Waals surface area contributed by atoms with Crippen molar-refractivity contribution in [3.05, 3.63) is 46.9 Å². The molecule has 0 aliphatic carbocycles. The van der Waals surface area contributed by atoms with Gasteiger partial charge in [-0.2, -0.15) is 0 Å². The SMILES string of the molecule is CCc1nnc(CNC(=O)c2cccc(C(F)F)c2F)o1. The first-order valence-corrected chi connectivity index (χ1v) is 6.19. The van der Waals surface area contributed by atoms with E-state index in [9.17, 15) is 18.0 Å². The van der Waals surface area contributed by atoms with Crippen molar-refractivity contribution in [1.29, 1.82) is 0 Å². The smallest absolute Gasteiger partial charge is 0.266 e. The number of hydrogen-bond acceptors (Lipinski definition) is 4. The van der Waals surface area contributed by atoms with Crippen LogP contribution in [-0.2, 0) is 13.0 Å². The van der Waals surface area contributed by atoms with E-state index >= 15 is 0 Å². The summed E-state index contributed by atoms with van der Waals surface area (Å²) >= 11 is 0. The second-order valence-electron chi connectivity index (χ2n) is 4.14. The van der Waals surface area contributed by atoms with Gasteiger partial charge in [0.1, 0.15) is 5.82 Å². The molecule has 8 heteroatoms. The fourth-order valence-electron chi connectivity index (χ4n) is 1.65. The van der Waals surface area contributed by atoms with Gasteiger partial charge in [-0.25, -0.2) is 13.2 Å². The Balaban J connectivity index is 2.08. The van der Waals surface area contributed by atoms with Gasteiger partial charge in [-0.3, -0.25) is 4.79 Å². The Morgan fingerprint density at radius 2 is 2.05 bits per heavy atom. The summed E-state index contributed by atoms with van der Waals surface area (Å²) in [5.41, 5.74) is -1.27. The monoisotopic (exact) mass is 299 g/mol. The minimum Gasteiger partial charge on any atom is -0.423 e. The molecular formula is C13H12F3N3O2. The molecule has 0 spiro atoms. The van der Waals surface area contributed by atoms with Gasteiger partial charge in [-0.1, -0.05) is 19.1 Å². The van der Waals surface area contributed by atoms with Crippen LogP contribution in [0.2, 0.25) is 0 Å². The van der Waals surface area contributed by atoms with Crippen molar-refractivity contribution in [2.45, 2.75) is 26.3 Å². The molecule has 21 heavy (non-hydrogen) atoms. The van der Waals surface area contributed by atoms with Crippen molar-refractivity contribution in [2.75, 3.05) is 0 Å². The van der Waals surface area contributed by atoms with Gasteiger partial charge in [0.15, 0.2) is 0 Å². The first-order chi connectivity index (χ1) is 10.0. The first-order valence-electron chi connectivity index (χ1n) is 6.19. The van der Waals surface area contributed by atoms with Crippen LogP contribution in [0.15, 0.2) is 22.6 Å². The highest BCUT2D eigenvalue weighted by molar-refractivity contribution is 5.94. The van der Waals surface area contributed by atoms with Gasteiger partial charge < -0.3 is 9.73 Å². The van der Waals surface area contributed by atoms with Crippen molar-refractivity contribution in [3.63, 3.8) is 0 Å². The van der Waals surface area contributed by atoms with Gasteiger partial charge in [-0.15, -0.1) is 10.2 Å². The predicted octanol–water partition coefficient (Wildman–Crippen LogP) is 2.64. The molecule has 1 aromatic heterocycles. The fourth-order valence-corrected chi connectivity index (χ4v) is 1.65. The molecule has 2 aromatic rings. The number of carbonyl (C=O) groups is 1. The summed E-state index contributed by atoms with van der Waals surface area (Å²) in [4.78, 5) is 11.8. The van der Waals surface area contributed by atoms with E-state index in [4.69, 9.17) is 4.42 Å². The highest BCUT2D eigenvalue weighted by atomic mass is 19.3. The zero-order valence-electron chi connectivity index (χ0n) is 11.1. The summed E-state index contributed by atoms with van der Waals surface area (Å²) in [5.74, 6) is -1.49. The van der Waals surface area contributed by atoms with E-state index in [-0.39, 0.29) is 12.4 Å². The van der Waals surface area contributed by atoms with E-state index < -0.39 is 29.3 Å². The van der Waals surface area contributed by atoms with Crippen molar-refractivity contribution in [3.8, 4) is 0 Å². The maximum Gasteiger partial charge on any atom is 0.266 e. The Labute approximate surface area is 118 Å². The van der Waals surface area contributed by atoms with Crippen LogP contribution in [-0.4, -0.2) is 16.1 Å². The van der Waals surface area contributed by atoms with Crippen LogP contribution in [0.25, 0.3) is 0 Å². The van der Waals surface area contributed by atoms with Crippen molar-refractivity contribution in [2.24, 2.45) is 0 Å². The average Bonchev–Trinajstić information content (AvgIpc) is 2.92. The molecular weight excluding hydrogens is 287 g/mol. The summed E-state index contributed by atoms with van der Waals surface area (Å²) in [5, 5.41) is 9.71. The molecule has 0 saturated heterocycles. The molecule has 112 valence electrons. The van der Waals surface area contributed by atoms with Gasteiger partial charge in [0.05, 0.1) is 17.7 Å². The number of nitrogens with one attached hydrogen (secondary N) is 1. The number of aryl methyl sites for hydroxylation is 1. The highest BCUT2D eigenvalue weighted by Crippen LogP contribution is 2.23. The third kappa shape index (κ3) is 3.39. The molecule has 0 fully saturated rings. The van der Waals surface area contributed by atoms with Gasteiger partial charge >= 0.3 is 0 Å². The van der Waals surface area contributed by atoms with Gasteiger partial charge in [0.2, 0.25) is 11.8 Å². The van der Waals surface area contributed by atoms with Crippen LogP contribution in [0, 0.1) is 5.82 Å². The number of amides is 1. The van der Waals surface area contributed by atoms with Crippen molar-refractivity contribution >= 4 is 5.91 Å². The maximum absolute atomic E-state index is 13.8. The zero-order valence-corrected chi connectivity index (χ0v) is 11.1. The van der Waals surface area contributed by atoms with E-state index in [0.29, 0.717) is 12.3 Å². The molecule has 0 saturated carbocycles. The number of nitrogens with zero attached hydrogens (tertiary/aromatic N) is 2. The van der Waals surface area contributed by atoms with Crippen LogP contribution in [0.3, 0.4) is 0 Å². The third-order valence-electron chi connectivity index (χ3n) is 2.72. The second-order valence-corrected chi connectivity index (χ2v) is 4.14. The number of halogens is 3. The number of rotatable bonds is 5. The Kier molecular flexibility index (Phi) is 4.56. The molecule has 1 aromatic carbocycles. The lowest BCUT2D eigenvalue weighted by atomic mass is 10.1. The summed E-state index contributed by atoms with van der Waals surface area (Å²) in [6.07, 6.45) is -2.44. The molecule has 1 N–H and O–H groups in total. The predicted molar refractivity (Wildman–Crippen MR) is 66.2 cm³/mol. The van der Waals surface area contributed by atoms with Crippen LogP contribution >= 0.6 is 0 Å². The highest BCUT2D eigenvalue weighted by Gasteiger charge is 2.20. The molecule has 1 heterocycles. The Morgan fingerprint density at radius 3 is 2.67 bits per heavy atom. The number of carbonyl (C=O) groups excluding carboxylic acids is 1. The van der Waals surface area contributed by atoms with Crippen LogP contribution in [0.4, 0.5) is 13.2 Å². The molecule has 0 aliphatic heterocycles. The zero-order chi connectivity index (χ0) is 15.4. The minimum absolute atomic E-state index is 0.107. The topological polar surface area (TPSA) is 68.0 Å². The van der Waals surface area contributed by atoms with Crippen LogP contribution in [0.1, 0.15) is 41.1 Å². The number of alkyl halides is 2. The van der Waals surface area contributed by atoms with Crippen molar-refractivity contribution < 1.29 is 22.4 Å². The van der Waals surface area contributed by atoms with Crippen LogP contribution in [0.5, 0.6) is 0 Å². The molecule has 0 atom stereocenters. The lowest BCUT2D eigenvalue weighted by molar-refractivity contribution is 0.0941. The number of aromatic nitrogens is 2. The van der Waals surface area contributed by atoms with E-state index in [1.54, 1.807) is 0 Å². The average molecular weight is 299 g/mol. The summed E-state index contributed by atoms with van der Waals surface area (Å²) in [7, 11) is 0. The fraction of sp³-hybridized carbons (Fsp3) is 0.308. The molecule has 1 amide bonds. The van der Waals surface area contributed by atoms with E-state index in [1.807, 2.05) is 6.92 Å². The summed E-state index contributed by atoms with van der Waals surface area (Å²) in [6.45, 7) is 1.71. The largest absolute Gasteiger partial charge is 0.423 e. The Hall–Kier alpha value is -2.38. The van der Waals surface area contributed by atoms with E-state index in [1.165, 1.54) is 6.07 Å². The van der Waals surface area contributed by atoms with Gasteiger partial charge in [0.25, 0.3) is 12.3 Å². The lowest BCUT2D eigenvalue weighted by Crippen LogP contribution is -2.24. The standard InChI is InChI=1S/C13H12F3N3O2/c1-2-9-18-19-10(21-9)6-17-13(20)8-5-3-4-7(11(8)14)12(15)16/h3-5,12H,2,6H2,1H3,(H,17,20). The van der Waals surface area contributed by atoms with Crippen molar-refractivity contribution in [1.82, 2.24) is 15.5 Å². The number of hydrogen-bond donors (Lipinski definition) is 1. The first kappa shape index (κ1) is 15.0.